The number of nitrogens with zero attached hydrogens (tertiary/aromatic N) is 1. The van der Waals surface area contributed by atoms with Crippen molar-refractivity contribution in [3.05, 3.63) is 37.7 Å². The molecule has 1 aromatic heterocycles. The third-order valence-corrected chi connectivity index (χ3v) is 2.12. The molecule has 7 nitrogen and oxygen atoms in total. The van der Waals surface area contributed by atoms with Gasteiger partial charge in [0, 0.05) is 6.07 Å². The number of rotatable bonds is 4. The van der Waals surface area contributed by atoms with Crippen molar-refractivity contribution in [1.82, 2.24) is 4.98 Å². The van der Waals surface area contributed by atoms with Crippen LogP contribution in [0.1, 0.15) is 17.6 Å². The van der Waals surface area contributed by atoms with Crippen LogP contribution in [0.4, 0.5) is 14.6 Å². The molecule has 0 aliphatic heterocycles. The van der Waals surface area contributed by atoms with Gasteiger partial charge in [0.05, 0.1) is 13.5 Å². The Morgan fingerprint density at radius 3 is 2.67 bits per heavy atom. The van der Waals surface area contributed by atoms with Gasteiger partial charge >= 0.3 is 17.3 Å². The minimum Gasteiger partial charge on any atom is -0.469 e. The van der Waals surface area contributed by atoms with Crippen LogP contribution in [0, 0.1) is 10.1 Å². The lowest BCUT2D eigenvalue weighted by atomic mass is 10.1. The maximum absolute atomic E-state index is 12.6. The molecule has 1 rings (SSSR count). The number of nitrogens with one attached hydrogen (secondary N) is 1. The van der Waals surface area contributed by atoms with E-state index < -0.39 is 46.2 Å². The lowest BCUT2D eigenvalue weighted by Gasteiger charge is -2.06. The highest BCUT2D eigenvalue weighted by Gasteiger charge is 2.24. The number of esters is 1. The lowest BCUT2D eigenvalue weighted by molar-refractivity contribution is -0.389. The van der Waals surface area contributed by atoms with E-state index in [1.165, 1.54) is 0 Å². The molecular formula is C9H8F2N2O5. The summed E-state index contributed by atoms with van der Waals surface area (Å²) in [4.78, 5) is 33.5. The Morgan fingerprint density at radius 2 is 2.22 bits per heavy atom. The average molecular weight is 262 g/mol. The molecule has 0 aliphatic carbocycles. The van der Waals surface area contributed by atoms with Gasteiger partial charge in [-0.25, -0.2) is 18.6 Å². The van der Waals surface area contributed by atoms with Crippen molar-refractivity contribution in [2.75, 3.05) is 7.11 Å². The number of halogens is 2. The van der Waals surface area contributed by atoms with Crippen molar-refractivity contribution < 1.29 is 23.2 Å². The predicted molar refractivity (Wildman–Crippen MR) is 54.4 cm³/mol. The van der Waals surface area contributed by atoms with Crippen molar-refractivity contribution in [2.45, 2.75) is 12.8 Å². The molecule has 0 radical (unpaired) electrons. The van der Waals surface area contributed by atoms with Gasteiger partial charge < -0.3 is 14.9 Å². The Morgan fingerprint density at radius 1 is 1.61 bits per heavy atom. The molecule has 1 heterocycles. The van der Waals surface area contributed by atoms with Gasteiger partial charge in [0.25, 0.3) is 6.43 Å². The monoisotopic (exact) mass is 262 g/mol. The molecule has 0 unspecified atom stereocenters. The molecule has 0 saturated heterocycles. The summed E-state index contributed by atoms with van der Waals surface area (Å²) in [5.74, 6) is -1.64. The number of pyridine rings is 1. The Hall–Kier alpha value is -2.32. The molecule has 0 amide bonds. The van der Waals surface area contributed by atoms with E-state index >= 15 is 0 Å². The van der Waals surface area contributed by atoms with Crippen LogP contribution in [0.2, 0.25) is 0 Å². The van der Waals surface area contributed by atoms with E-state index in [-0.39, 0.29) is 0 Å². The van der Waals surface area contributed by atoms with E-state index in [4.69, 9.17) is 0 Å². The van der Waals surface area contributed by atoms with Crippen molar-refractivity contribution in [2.24, 2.45) is 0 Å². The molecule has 0 atom stereocenters. The number of aromatic nitrogens is 1. The summed E-state index contributed by atoms with van der Waals surface area (Å²) >= 11 is 0. The maximum Gasteiger partial charge on any atom is 0.341 e. The molecule has 1 aromatic rings. The van der Waals surface area contributed by atoms with E-state index in [0.29, 0.717) is 0 Å². The van der Waals surface area contributed by atoms with E-state index in [1.54, 1.807) is 4.98 Å². The Balaban J connectivity index is 3.38. The van der Waals surface area contributed by atoms with E-state index in [9.17, 15) is 28.5 Å². The fourth-order valence-corrected chi connectivity index (χ4v) is 1.32. The standard InChI is InChI=1S/C9H8F2N2O5/c1-18-6(14)3-4-2-5(13(16)17)12-9(15)7(4)8(10)11/h2,8H,3H2,1H3,(H,12,15). The van der Waals surface area contributed by atoms with Gasteiger partial charge in [-0.15, -0.1) is 0 Å². The topological polar surface area (TPSA) is 102 Å². The van der Waals surface area contributed by atoms with Crippen LogP contribution < -0.4 is 5.56 Å². The van der Waals surface area contributed by atoms with Crippen molar-refractivity contribution >= 4 is 11.8 Å². The van der Waals surface area contributed by atoms with E-state index in [1.807, 2.05) is 0 Å². The number of carbonyl (C=O) groups excluding carboxylic acids is 1. The summed E-state index contributed by atoms with van der Waals surface area (Å²) in [5.41, 5.74) is -2.68. The highest BCUT2D eigenvalue weighted by Crippen LogP contribution is 2.22. The first-order chi connectivity index (χ1) is 8.36. The second kappa shape index (κ2) is 5.34. The largest absolute Gasteiger partial charge is 0.469 e. The van der Waals surface area contributed by atoms with Gasteiger partial charge in [0.2, 0.25) is 0 Å². The summed E-state index contributed by atoms with van der Waals surface area (Å²) in [7, 11) is 1.03. The van der Waals surface area contributed by atoms with Gasteiger partial charge in [-0.2, -0.15) is 0 Å². The SMILES string of the molecule is COC(=O)Cc1cc([N+](=O)[O-])[nH]c(=O)c1C(F)F. The summed E-state index contributed by atoms with van der Waals surface area (Å²) in [6.07, 6.45) is -3.78. The van der Waals surface area contributed by atoms with Crippen LogP contribution in [0.3, 0.4) is 0 Å². The summed E-state index contributed by atoms with van der Waals surface area (Å²) in [5, 5.41) is 10.5. The second-order valence-corrected chi connectivity index (χ2v) is 3.23. The number of hydrogen-bond acceptors (Lipinski definition) is 5. The Kier molecular flexibility index (Phi) is 4.08. The fraction of sp³-hybridized carbons (Fsp3) is 0.333. The minimum atomic E-state index is -3.14. The first-order valence-electron chi connectivity index (χ1n) is 4.62. The van der Waals surface area contributed by atoms with Crippen molar-refractivity contribution in [3.8, 4) is 0 Å². The second-order valence-electron chi connectivity index (χ2n) is 3.23. The molecule has 0 saturated carbocycles. The maximum atomic E-state index is 12.6. The van der Waals surface area contributed by atoms with E-state index in [2.05, 4.69) is 4.74 Å². The van der Waals surface area contributed by atoms with Crippen LogP contribution in [0.25, 0.3) is 0 Å². The Labute approximate surface area is 98.5 Å². The van der Waals surface area contributed by atoms with Crippen LogP contribution in [0.15, 0.2) is 10.9 Å². The average Bonchev–Trinajstić information content (AvgIpc) is 2.27. The quantitative estimate of drug-likeness (QED) is 0.494. The number of hydrogen-bond donors (Lipinski definition) is 1. The van der Waals surface area contributed by atoms with Gasteiger partial charge in [-0.1, -0.05) is 0 Å². The number of aromatic amines is 1. The van der Waals surface area contributed by atoms with E-state index in [0.717, 1.165) is 13.2 Å². The summed E-state index contributed by atoms with van der Waals surface area (Å²) in [6.45, 7) is 0. The molecule has 18 heavy (non-hydrogen) atoms. The fourth-order valence-electron chi connectivity index (χ4n) is 1.32. The zero-order valence-corrected chi connectivity index (χ0v) is 9.11. The third kappa shape index (κ3) is 2.87. The smallest absolute Gasteiger partial charge is 0.341 e. The molecule has 0 spiro atoms. The number of methoxy groups -OCH3 is 1. The zero-order valence-electron chi connectivity index (χ0n) is 9.11. The number of ether oxygens (including phenoxy) is 1. The number of nitro groups is 1. The highest BCUT2D eigenvalue weighted by molar-refractivity contribution is 5.73. The first kappa shape index (κ1) is 13.7. The number of carbonyl (C=O) groups is 1. The number of H-pyrrole nitrogens is 1. The zero-order chi connectivity index (χ0) is 13.9. The molecule has 1 N–H and O–H groups in total. The predicted octanol–water partition coefficient (Wildman–Crippen LogP) is 0.936. The number of alkyl halides is 2. The first-order valence-corrected chi connectivity index (χ1v) is 4.62. The molecular weight excluding hydrogens is 254 g/mol. The molecule has 0 bridgehead atoms. The summed E-state index contributed by atoms with van der Waals surface area (Å²) < 4.78 is 29.5. The van der Waals surface area contributed by atoms with Gasteiger partial charge in [-0.05, 0) is 10.5 Å². The highest BCUT2D eigenvalue weighted by atomic mass is 19.3. The van der Waals surface area contributed by atoms with Crippen LogP contribution in [-0.2, 0) is 16.0 Å². The lowest BCUT2D eigenvalue weighted by Crippen LogP contribution is -2.19. The van der Waals surface area contributed by atoms with Crippen LogP contribution in [0.5, 0.6) is 0 Å². The van der Waals surface area contributed by atoms with Gasteiger partial charge in [-0.3, -0.25) is 4.79 Å². The molecule has 0 aromatic carbocycles. The third-order valence-electron chi connectivity index (χ3n) is 2.12. The molecule has 0 fully saturated rings. The van der Waals surface area contributed by atoms with Crippen LogP contribution in [-0.4, -0.2) is 23.0 Å². The molecule has 9 heteroatoms. The Bertz CT molecular complexity index is 540. The minimum absolute atomic E-state index is 0.424. The summed E-state index contributed by atoms with van der Waals surface area (Å²) in [6, 6.07) is 0.722. The molecule has 0 aliphatic rings. The normalized spacial score (nSPS) is 10.4. The van der Waals surface area contributed by atoms with Gasteiger partial charge in [0.1, 0.15) is 5.56 Å². The van der Waals surface area contributed by atoms with Crippen LogP contribution >= 0.6 is 0 Å². The van der Waals surface area contributed by atoms with Gasteiger partial charge in [0.15, 0.2) is 0 Å². The van der Waals surface area contributed by atoms with Crippen molar-refractivity contribution in [1.29, 1.82) is 0 Å². The molecule has 98 valence electrons. The van der Waals surface area contributed by atoms with Crippen molar-refractivity contribution in [3.63, 3.8) is 0 Å².